The molecule has 0 fully saturated rings. The van der Waals surface area contributed by atoms with Crippen LogP contribution in [0.3, 0.4) is 0 Å². The summed E-state index contributed by atoms with van der Waals surface area (Å²) in [7, 11) is 0.825. The van der Waals surface area contributed by atoms with Gasteiger partial charge in [0.2, 0.25) is 0 Å². The lowest BCUT2D eigenvalue weighted by Gasteiger charge is -2.05. The molecule has 0 atom stereocenters. The molecule has 1 aromatic heterocycles. The minimum atomic E-state index is -4.00. The Labute approximate surface area is 101 Å². The van der Waals surface area contributed by atoms with Gasteiger partial charge in [-0.2, -0.15) is 9.55 Å². The zero-order valence-corrected chi connectivity index (χ0v) is 9.03. The van der Waals surface area contributed by atoms with Crippen LogP contribution in [-0.2, 0) is 12.8 Å². The molecule has 0 spiro atoms. The van der Waals surface area contributed by atoms with Crippen LogP contribution < -0.4 is 0 Å². The van der Waals surface area contributed by atoms with Gasteiger partial charge >= 0.3 is 17.4 Å². The normalized spacial score (nSPS) is 11.0. The zero-order chi connectivity index (χ0) is 15.0. The molecule has 0 amide bonds. The highest BCUT2D eigenvalue weighted by atomic mass is 16.7. The number of aromatic nitrogens is 2. The number of rotatable bonds is 5. The summed E-state index contributed by atoms with van der Waals surface area (Å²) in [5, 5.41) is 42.7. The molecule has 0 aliphatic carbocycles. The van der Waals surface area contributed by atoms with Gasteiger partial charge < -0.3 is 10.1 Å². The van der Waals surface area contributed by atoms with E-state index in [0.29, 0.717) is 10.8 Å². The van der Waals surface area contributed by atoms with Gasteiger partial charge in [-0.05, 0) is 4.92 Å². The number of imidazole rings is 1. The molecule has 1 aromatic rings. The van der Waals surface area contributed by atoms with Crippen LogP contribution in [0.25, 0.3) is 0 Å². The molecule has 14 nitrogen and oxygen atoms in total. The quantitative estimate of drug-likeness (QED) is 0.378. The highest BCUT2D eigenvalue weighted by Crippen LogP contribution is 2.27. The summed E-state index contributed by atoms with van der Waals surface area (Å²) in [6, 6.07) is 0. The van der Waals surface area contributed by atoms with Crippen LogP contribution >= 0.6 is 0 Å². The van der Waals surface area contributed by atoms with Crippen molar-refractivity contribution in [3.8, 4) is 0 Å². The Morgan fingerprint density at radius 1 is 1.05 bits per heavy atom. The van der Waals surface area contributed by atoms with Gasteiger partial charge in [0, 0.05) is 0 Å². The van der Waals surface area contributed by atoms with Crippen molar-refractivity contribution in [2.45, 2.75) is 5.79 Å². The predicted molar refractivity (Wildman–Crippen MR) is 52.5 cm³/mol. The van der Waals surface area contributed by atoms with Crippen molar-refractivity contribution < 1.29 is 19.7 Å². The van der Waals surface area contributed by atoms with Gasteiger partial charge in [0.1, 0.15) is 6.20 Å². The summed E-state index contributed by atoms with van der Waals surface area (Å²) in [6.45, 7) is 0. The van der Waals surface area contributed by atoms with Gasteiger partial charge in [0.05, 0.1) is 7.05 Å². The highest BCUT2D eigenvalue weighted by molar-refractivity contribution is 5.19. The first-order chi connectivity index (χ1) is 8.67. The minimum absolute atomic E-state index is 0.314. The van der Waals surface area contributed by atoms with Crippen molar-refractivity contribution in [2.24, 2.45) is 7.05 Å². The van der Waals surface area contributed by atoms with Gasteiger partial charge in [-0.1, -0.05) is 0 Å². The van der Waals surface area contributed by atoms with E-state index in [2.05, 4.69) is 4.98 Å². The Hall–Kier alpha value is -3.19. The maximum absolute atomic E-state index is 10.7. The molecule has 14 heteroatoms. The molecule has 102 valence electrons. The number of hydrogen-bond donors (Lipinski definition) is 0. The van der Waals surface area contributed by atoms with Crippen molar-refractivity contribution in [3.63, 3.8) is 0 Å². The van der Waals surface area contributed by atoms with E-state index in [0.717, 1.165) is 7.05 Å². The third kappa shape index (κ3) is 1.70. The van der Waals surface area contributed by atoms with E-state index in [1.807, 2.05) is 0 Å². The average molecular weight is 276 g/mol. The van der Waals surface area contributed by atoms with Crippen molar-refractivity contribution >= 4 is 5.82 Å². The summed E-state index contributed by atoms with van der Waals surface area (Å²) in [5.41, 5.74) is 0. The molecule has 0 saturated heterocycles. The average Bonchev–Trinajstić information content (AvgIpc) is 2.60. The summed E-state index contributed by atoms with van der Waals surface area (Å²) >= 11 is 0. The first-order valence-electron chi connectivity index (χ1n) is 4.27. The lowest BCUT2D eigenvalue weighted by molar-refractivity contribution is -0.987. The van der Waals surface area contributed by atoms with E-state index in [1.54, 1.807) is 0 Å². The molecule has 1 rings (SSSR count). The third-order valence-electron chi connectivity index (χ3n) is 2.21. The molecule has 0 unspecified atom stereocenters. The lowest BCUT2D eigenvalue weighted by atomic mass is 10.3. The highest BCUT2D eigenvalue weighted by Gasteiger charge is 2.79. The second-order valence-electron chi connectivity index (χ2n) is 3.16. The smallest absolute Gasteiger partial charge is 0.358 e. The van der Waals surface area contributed by atoms with E-state index < -0.39 is 37.1 Å². The van der Waals surface area contributed by atoms with E-state index in [4.69, 9.17) is 0 Å². The molecule has 0 aliphatic heterocycles. The fourth-order valence-electron chi connectivity index (χ4n) is 1.33. The van der Waals surface area contributed by atoms with E-state index in [1.165, 1.54) is 0 Å². The third-order valence-corrected chi connectivity index (χ3v) is 2.21. The first kappa shape index (κ1) is 13.9. The molecule has 0 bridgehead atoms. The van der Waals surface area contributed by atoms with Gasteiger partial charge in [0.15, 0.2) is 14.8 Å². The van der Waals surface area contributed by atoms with Crippen LogP contribution in [0.5, 0.6) is 0 Å². The fourth-order valence-corrected chi connectivity index (χ4v) is 1.33. The molecule has 0 N–H and O–H groups in total. The summed E-state index contributed by atoms with van der Waals surface area (Å²) in [5.74, 6) is -6.13. The summed E-state index contributed by atoms with van der Waals surface area (Å²) < 4.78 is 0.314. The SMILES string of the molecule is Cn1c([N+](=O)[O-])cnc1C([N+](=O)[O-])([N+](=O)[O-])[N+](=O)[O-]. The van der Waals surface area contributed by atoms with Crippen molar-refractivity contribution in [1.29, 1.82) is 0 Å². The van der Waals surface area contributed by atoms with E-state index in [-0.39, 0.29) is 0 Å². The van der Waals surface area contributed by atoms with Gasteiger partial charge in [-0.15, -0.1) is 0 Å². The monoisotopic (exact) mass is 276 g/mol. The molecule has 1 heterocycles. The molecular formula is C5H4N6O8. The molecular weight excluding hydrogens is 272 g/mol. The number of nitro groups is 4. The van der Waals surface area contributed by atoms with Crippen LogP contribution in [0.4, 0.5) is 5.82 Å². The van der Waals surface area contributed by atoms with Crippen molar-refractivity contribution in [2.75, 3.05) is 0 Å². The number of hydrogen-bond acceptors (Lipinski definition) is 9. The Morgan fingerprint density at radius 2 is 1.47 bits per heavy atom. The first-order valence-corrected chi connectivity index (χ1v) is 4.27. The zero-order valence-electron chi connectivity index (χ0n) is 9.03. The van der Waals surface area contributed by atoms with Crippen LogP contribution in [0, 0.1) is 40.5 Å². The Balaban J connectivity index is 3.69. The standard InChI is InChI=1S/C5H4N6O8/c1-7-3(8(12)13)2-6-4(7)5(9(14)15,10(16)17)11(18)19/h2H,1H3. The van der Waals surface area contributed by atoms with Crippen LogP contribution in [-0.4, -0.2) is 29.2 Å². The molecule has 0 radical (unpaired) electrons. The maximum atomic E-state index is 10.7. The van der Waals surface area contributed by atoms with E-state index in [9.17, 15) is 40.5 Å². The van der Waals surface area contributed by atoms with Crippen LogP contribution in [0.1, 0.15) is 5.82 Å². The van der Waals surface area contributed by atoms with Gasteiger partial charge in [0.25, 0.3) is 0 Å². The topological polar surface area (TPSA) is 190 Å². The maximum Gasteiger partial charge on any atom is 0.783 e. The van der Waals surface area contributed by atoms with Gasteiger partial charge in [-0.25, -0.2) is 0 Å². The molecule has 0 saturated carbocycles. The minimum Gasteiger partial charge on any atom is -0.358 e. The van der Waals surface area contributed by atoms with E-state index >= 15 is 0 Å². The second kappa shape index (κ2) is 4.24. The molecule has 0 aromatic carbocycles. The van der Waals surface area contributed by atoms with Crippen LogP contribution in [0.2, 0.25) is 0 Å². The summed E-state index contributed by atoms with van der Waals surface area (Å²) in [4.78, 5) is 39.4. The molecule has 0 aliphatic rings. The summed E-state index contributed by atoms with van der Waals surface area (Å²) in [6.07, 6.45) is 0.459. The predicted octanol–water partition coefficient (Wildman–Crippen LogP) is -0.731. The lowest BCUT2D eigenvalue weighted by Crippen LogP contribution is -2.51. The van der Waals surface area contributed by atoms with Crippen LogP contribution in [0.15, 0.2) is 6.20 Å². The van der Waals surface area contributed by atoms with Crippen molar-refractivity contribution in [3.05, 3.63) is 52.5 Å². The molecule has 19 heavy (non-hydrogen) atoms. The largest absolute Gasteiger partial charge is 0.783 e. The Bertz CT molecular complexity index is 554. The van der Waals surface area contributed by atoms with Gasteiger partial charge in [-0.3, -0.25) is 30.3 Å². The van der Waals surface area contributed by atoms with Crippen molar-refractivity contribution in [1.82, 2.24) is 9.55 Å². The number of nitrogens with zero attached hydrogens (tertiary/aromatic N) is 6. The fraction of sp³-hybridized carbons (Fsp3) is 0.400. The Kier molecular flexibility index (Phi) is 3.10. The second-order valence-corrected chi connectivity index (χ2v) is 3.16. The Morgan fingerprint density at radius 3 is 1.74 bits per heavy atom.